The number of anilines is 1. The van der Waals surface area contributed by atoms with E-state index in [2.05, 4.69) is 5.32 Å². The zero-order valence-corrected chi connectivity index (χ0v) is 17.1. The van der Waals surface area contributed by atoms with Gasteiger partial charge in [-0.15, -0.1) is 0 Å². The summed E-state index contributed by atoms with van der Waals surface area (Å²) in [6.07, 6.45) is 0.834. The average Bonchev–Trinajstić information content (AvgIpc) is 2.79. The molecule has 3 rings (SSSR count). The summed E-state index contributed by atoms with van der Waals surface area (Å²) >= 11 is 0. The van der Waals surface area contributed by atoms with E-state index < -0.39 is 11.8 Å². The molecule has 30 heavy (non-hydrogen) atoms. The second-order valence-electron chi connectivity index (χ2n) is 7.15. The van der Waals surface area contributed by atoms with Crippen molar-refractivity contribution in [3.05, 3.63) is 66.2 Å². The van der Waals surface area contributed by atoms with Gasteiger partial charge in [-0.1, -0.05) is 48.5 Å². The molecule has 1 N–H and O–H groups in total. The largest absolute Gasteiger partial charge is 0.450 e. The van der Waals surface area contributed by atoms with Gasteiger partial charge in [0.25, 0.3) is 0 Å². The molecule has 0 aromatic heterocycles. The monoisotopic (exact) mass is 409 g/mol. The van der Waals surface area contributed by atoms with Crippen LogP contribution in [0.3, 0.4) is 0 Å². The Balaban J connectivity index is 1.63. The van der Waals surface area contributed by atoms with Crippen molar-refractivity contribution in [2.24, 2.45) is 0 Å². The van der Waals surface area contributed by atoms with Crippen LogP contribution >= 0.6 is 0 Å². The van der Waals surface area contributed by atoms with E-state index in [1.54, 1.807) is 11.8 Å². The minimum atomic E-state index is -0.635. The van der Waals surface area contributed by atoms with E-state index in [9.17, 15) is 14.4 Å². The molecule has 1 fully saturated rings. The van der Waals surface area contributed by atoms with Gasteiger partial charge in [-0.25, -0.2) is 4.79 Å². The summed E-state index contributed by atoms with van der Waals surface area (Å²) in [4.78, 5) is 40.7. The Kier molecular flexibility index (Phi) is 7.43. The van der Waals surface area contributed by atoms with Crippen LogP contribution in [-0.2, 0) is 20.9 Å². The van der Waals surface area contributed by atoms with Gasteiger partial charge in [0.05, 0.1) is 13.2 Å². The third-order valence-corrected chi connectivity index (χ3v) is 5.05. The number of likely N-dealkylation sites (tertiary alicyclic amines) is 1. The first-order chi connectivity index (χ1) is 14.6. The van der Waals surface area contributed by atoms with E-state index in [1.807, 2.05) is 60.7 Å². The average molecular weight is 409 g/mol. The highest BCUT2D eigenvalue weighted by molar-refractivity contribution is 6.40. The number of carbonyl (C=O) groups excluding carboxylic acids is 3. The fourth-order valence-electron chi connectivity index (χ4n) is 3.45. The first-order valence-electron chi connectivity index (χ1n) is 10.2. The molecule has 158 valence electrons. The Morgan fingerprint density at radius 2 is 1.60 bits per heavy atom. The number of hydrogen-bond acceptors (Lipinski definition) is 4. The molecule has 1 heterocycles. The Labute approximate surface area is 176 Å². The second kappa shape index (κ2) is 10.4. The molecule has 1 aliphatic heterocycles. The van der Waals surface area contributed by atoms with E-state index >= 15 is 0 Å². The first kappa shape index (κ1) is 21.4. The summed E-state index contributed by atoms with van der Waals surface area (Å²) in [5.41, 5.74) is 1.60. The second-order valence-corrected chi connectivity index (χ2v) is 7.15. The predicted molar refractivity (Wildman–Crippen MR) is 114 cm³/mol. The molecule has 7 heteroatoms. The topological polar surface area (TPSA) is 79.0 Å². The number of nitrogens with one attached hydrogen (secondary N) is 1. The van der Waals surface area contributed by atoms with Crippen LogP contribution < -0.4 is 10.2 Å². The lowest BCUT2D eigenvalue weighted by atomic mass is 10.1. The van der Waals surface area contributed by atoms with Crippen molar-refractivity contribution in [1.29, 1.82) is 0 Å². The zero-order chi connectivity index (χ0) is 21.3. The van der Waals surface area contributed by atoms with Crippen molar-refractivity contribution >= 4 is 23.6 Å². The van der Waals surface area contributed by atoms with Gasteiger partial charge < -0.3 is 15.0 Å². The van der Waals surface area contributed by atoms with E-state index in [1.165, 1.54) is 4.90 Å². The summed E-state index contributed by atoms with van der Waals surface area (Å²) in [7, 11) is 0. The Morgan fingerprint density at radius 1 is 1.00 bits per heavy atom. The van der Waals surface area contributed by atoms with E-state index in [0.717, 1.165) is 5.56 Å². The number of para-hydroxylation sites is 1. The third kappa shape index (κ3) is 5.59. The van der Waals surface area contributed by atoms with Crippen LogP contribution in [0.4, 0.5) is 10.5 Å². The molecule has 1 aliphatic rings. The maximum absolute atomic E-state index is 13.0. The molecule has 0 spiro atoms. The minimum Gasteiger partial charge on any atom is -0.450 e. The van der Waals surface area contributed by atoms with Crippen LogP contribution in [0.25, 0.3) is 0 Å². The summed E-state index contributed by atoms with van der Waals surface area (Å²) in [5.74, 6) is -1.23. The number of piperidine rings is 1. The van der Waals surface area contributed by atoms with Crippen molar-refractivity contribution in [3.63, 3.8) is 0 Å². The van der Waals surface area contributed by atoms with Gasteiger partial charge in [0, 0.05) is 24.8 Å². The van der Waals surface area contributed by atoms with Crippen molar-refractivity contribution < 1.29 is 19.1 Å². The van der Waals surface area contributed by atoms with Crippen molar-refractivity contribution in [2.45, 2.75) is 32.4 Å². The number of nitrogens with zero attached hydrogens (tertiary/aromatic N) is 2. The maximum atomic E-state index is 13.0. The van der Waals surface area contributed by atoms with Crippen molar-refractivity contribution in [3.8, 4) is 0 Å². The Bertz CT molecular complexity index is 849. The molecule has 2 aromatic carbocycles. The zero-order valence-electron chi connectivity index (χ0n) is 17.1. The van der Waals surface area contributed by atoms with Gasteiger partial charge >= 0.3 is 17.9 Å². The number of rotatable bonds is 5. The van der Waals surface area contributed by atoms with E-state index in [0.29, 0.717) is 44.8 Å². The summed E-state index contributed by atoms with van der Waals surface area (Å²) in [6.45, 7) is 3.39. The van der Waals surface area contributed by atoms with Gasteiger partial charge in [0.2, 0.25) is 0 Å². The third-order valence-electron chi connectivity index (χ3n) is 5.05. The summed E-state index contributed by atoms with van der Waals surface area (Å²) in [6, 6.07) is 18.6. The Hall–Kier alpha value is -3.35. The molecule has 0 saturated carbocycles. The molecule has 1 saturated heterocycles. The quantitative estimate of drug-likeness (QED) is 0.770. The summed E-state index contributed by atoms with van der Waals surface area (Å²) in [5, 5.41) is 2.84. The molecule has 7 nitrogen and oxygen atoms in total. The van der Waals surface area contributed by atoms with Gasteiger partial charge in [0.15, 0.2) is 0 Å². The highest BCUT2D eigenvalue weighted by Crippen LogP contribution is 2.18. The van der Waals surface area contributed by atoms with Crippen LogP contribution in [0.5, 0.6) is 0 Å². The molecule has 0 bridgehead atoms. The fraction of sp³-hybridized carbons (Fsp3) is 0.348. The SMILES string of the molecule is CCOC(=O)N1CCC(NC(=O)C(=O)N(Cc2ccccc2)c2ccccc2)CC1. The molecule has 0 unspecified atom stereocenters. The molecule has 0 aliphatic carbocycles. The molecule has 0 radical (unpaired) electrons. The van der Waals surface area contributed by atoms with E-state index in [-0.39, 0.29) is 12.1 Å². The molecular formula is C23H27N3O4. The summed E-state index contributed by atoms with van der Waals surface area (Å²) < 4.78 is 5.01. The lowest BCUT2D eigenvalue weighted by molar-refractivity contribution is -0.138. The van der Waals surface area contributed by atoms with Crippen LogP contribution in [0.1, 0.15) is 25.3 Å². The number of carbonyl (C=O) groups is 3. The van der Waals surface area contributed by atoms with Crippen LogP contribution in [0, 0.1) is 0 Å². The lowest BCUT2D eigenvalue weighted by Gasteiger charge is -2.32. The van der Waals surface area contributed by atoms with Crippen LogP contribution in [0.2, 0.25) is 0 Å². The molecule has 2 aromatic rings. The highest BCUT2D eigenvalue weighted by Gasteiger charge is 2.29. The number of benzene rings is 2. The number of ether oxygens (including phenoxy) is 1. The number of hydrogen-bond donors (Lipinski definition) is 1. The van der Waals surface area contributed by atoms with Gasteiger partial charge in [-0.2, -0.15) is 0 Å². The fourth-order valence-corrected chi connectivity index (χ4v) is 3.45. The van der Waals surface area contributed by atoms with Crippen molar-refractivity contribution in [1.82, 2.24) is 10.2 Å². The van der Waals surface area contributed by atoms with Crippen LogP contribution in [0.15, 0.2) is 60.7 Å². The highest BCUT2D eigenvalue weighted by atomic mass is 16.6. The van der Waals surface area contributed by atoms with Gasteiger partial charge in [0.1, 0.15) is 0 Å². The normalized spacial score (nSPS) is 14.1. The minimum absolute atomic E-state index is 0.151. The first-order valence-corrected chi connectivity index (χ1v) is 10.2. The standard InChI is InChI=1S/C23H27N3O4/c1-2-30-23(29)25-15-13-19(14-16-25)24-21(27)22(28)26(20-11-7-4-8-12-20)17-18-9-5-3-6-10-18/h3-12,19H,2,13-17H2,1H3,(H,24,27). The molecule has 3 amide bonds. The predicted octanol–water partition coefficient (Wildman–Crippen LogP) is 2.96. The smallest absolute Gasteiger partial charge is 0.409 e. The molecular weight excluding hydrogens is 382 g/mol. The van der Waals surface area contributed by atoms with Crippen molar-refractivity contribution in [2.75, 3.05) is 24.6 Å². The maximum Gasteiger partial charge on any atom is 0.409 e. The number of amides is 3. The Morgan fingerprint density at radius 3 is 2.20 bits per heavy atom. The molecule has 0 atom stereocenters. The van der Waals surface area contributed by atoms with Gasteiger partial charge in [-0.3, -0.25) is 14.5 Å². The van der Waals surface area contributed by atoms with E-state index in [4.69, 9.17) is 4.74 Å². The lowest BCUT2D eigenvalue weighted by Crippen LogP contribution is -2.51. The van der Waals surface area contributed by atoms with Gasteiger partial charge in [-0.05, 0) is 37.5 Å². The van der Waals surface area contributed by atoms with Crippen LogP contribution in [-0.4, -0.2) is 48.5 Å².